The molecule has 2 heteroatoms. The highest BCUT2D eigenvalue weighted by atomic mass is 16.4. The van der Waals surface area contributed by atoms with Gasteiger partial charge in [-0.15, -0.1) is 0 Å². The fraction of sp³-hybridized carbons (Fsp3) is 0.917. The topological polar surface area (TPSA) is 37.3 Å². The second-order valence-electron chi connectivity index (χ2n) is 5.37. The van der Waals surface area contributed by atoms with Crippen LogP contribution < -0.4 is 0 Å². The largest absolute Gasteiger partial charge is 0.481 e. The van der Waals surface area contributed by atoms with Crippen LogP contribution in [0.4, 0.5) is 0 Å². The van der Waals surface area contributed by atoms with Crippen LogP contribution in [-0.4, -0.2) is 11.1 Å². The van der Waals surface area contributed by atoms with Gasteiger partial charge < -0.3 is 5.11 Å². The summed E-state index contributed by atoms with van der Waals surface area (Å²) in [6.07, 6.45) is 5.41. The molecule has 82 valence electrons. The van der Waals surface area contributed by atoms with E-state index in [0.717, 1.165) is 19.3 Å². The van der Waals surface area contributed by atoms with E-state index in [9.17, 15) is 4.79 Å². The molecular formula is C12H22O2. The number of carboxylic acid groups (broad SMARTS) is 1. The zero-order valence-electron chi connectivity index (χ0n) is 9.55. The van der Waals surface area contributed by atoms with E-state index >= 15 is 0 Å². The molecule has 0 amide bonds. The van der Waals surface area contributed by atoms with Crippen molar-refractivity contribution in [3.8, 4) is 0 Å². The van der Waals surface area contributed by atoms with Gasteiger partial charge in [-0.2, -0.15) is 0 Å². The Hall–Kier alpha value is -0.530. The summed E-state index contributed by atoms with van der Waals surface area (Å²) in [4.78, 5) is 11.0. The lowest BCUT2D eigenvalue weighted by atomic mass is 9.68. The lowest BCUT2D eigenvalue weighted by molar-refractivity contribution is -0.144. The Balaban J connectivity index is 2.62. The molecule has 1 N–H and O–H groups in total. The highest BCUT2D eigenvalue weighted by molar-refractivity contribution is 5.70. The van der Waals surface area contributed by atoms with Gasteiger partial charge in [-0.1, -0.05) is 27.2 Å². The summed E-state index contributed by atoms with van der Waals surface area (Å²) in [6.45, 7) is 6.50. The van der Waals surface area contributed by atoms with E-state index in [0.29, 0.717) is 11.3 Å². The maximum atomic E-state index is 11.0. The summed E-state index contributed by atoms with van der Waals surface area (Å²) < 4.78 is 0. The molecule has 0 bridgehead atoms. The highest BCUT2D eigenvalue weighted by Gasteiger charge is 2.34. The van der Waals surface area contributed by atoms with Crippen molar-refractivity contribution in [3.05, 3.63) is 0 Å². The van der Waals surface area contributed by atoms with Crippen LogP contribution in [0.25, 0.3) is 0 Å². The molecule has 0 aliphatic heterocycles. The van der Waals surface area contributed by atoms with Crippen LogP contribution in [0.5, 0.6) is 0 Å². The molecule has 1 fully saturated rings. The fourth-order valence-corrected chi connectivity index (χ4v) is 2.81. The second kappa shape index (κ2) is 4.33. The number of carbonyl (C=O) groups is 1. The van der Waals surface area contributed by atoms with Gasteiger partial charge in [-0.25, -0.2) is 0 Å². The monoisotopic (exact) mass is 198 g/mol. The van der Waals surface area contributed by atoms with Gasteiger partial charge in [-0.05, 0) is 37.0 Å². The molecule has 1 rings (SSSR count). The summed E-state index contributed by atoms with van der Waals surface area (Å²) >= 11 is 0. The van der Waals surface area contributed by atoms with Crippen molar-refractivity contribution in [1.29, 1.82) is 0 Å². The van der Waals surface area contributed by atoms with Crippen LogP contribution >= 0.6 is 0 Å². The molecule has 0 saturated heterocycles. The Morgan fingerprint density at radius 1 is 1.57 bits per heavy atom. The van der Waals surface area contributed by atoms with Crippen LogP contribution in [-0.2, 0) is 4.79 Å². The normalized spacial score (nSPS) is 28.4. The second-order valence-corrected chi connectivity index (χ2v) is 5.37. The van der Waals surface area contributed by atoms with E-state index in [1.807, 2.05) is 6.92 Å². The van der Waals surface area contributed by atoms with Crippen molar-refractivity contribution < 1.29 is 9.90 Å². The zero-order chi connectivity index (χ0) is 10.8. The van der Waals surface area contributed by atoms with Crippen molar-refractivity contribution in [1.82, 2.24) is 0 Å². The number of hydrogen-bond donors (Lipinski definition) is 1. The summed E-state index contributed by atoms with van der Waals surface area (Å²) in [7, 11) is 0. The van der Waals surface area contributed by atoms with Crippen molar-refractivity contribution >= 4 is 5.97 Å². The Labute approximate surface area is 86.7 Å². The van der Waals surface area contributed by atoms with Gasteiger partial charge in [0.05, 0.1) is 5.92 Å². The Bertz CT molecular complexity index is 208. The molecule has 2 nitrogen and oxygen atoms in total. The molecule has 0 aromatic heterocycles. The Morgan fingerprint density at radius 3 is 2.64 bits per heavy atom. The van der Waals surface area contributed by atoms with Crippen molar-refractivity contribution in [2.24, 2.45) is 17.3 Å². The van der Waals surface area contributed by atoms with Gasteiger partial charge in [0.25, 0.3) is 0 Å². The van der Waals surface area contributed by atoms with Crippen molar-refractivity contribution in [2.45, 2.75) is 52.9 Å². The first-order valence-corrected chi connectivity index (χ1v) is 5.69. The van der Waals surface area contributed by atoms with E-state index < -0.39 is 5.97 Å². The quantitative estimate of drug-likeness (QED) is 0.755. The molecule has 14 heavy (non-hydrogen) atoms. The van der Waals surface area contributed by atoms with Crippen LogP contribution in [0.1, 0.15) is 52.9 Å². The van der Waals surface area contributed by atoms with Crippen molar-refractivity contribution in [2.75, 3.05) is 0 Å². The Kier molecular flexibility index (Phi) is 3.57. The van der Waals surface area contributed by atoms with Crippen LogP contribution in [0.3, 0.4) is 0 Å². The standard InChI is InChI=1S/C12H22O2/c1-4-10(11(13)14)9-6-5-7-12(2,3)8-9/h9-10H,4-8H2,1-3H3,(H,13,14). The number of carboxylic acids is 1. The maximum absolute atomic E-state index is 11.0. The minimum absolute atomic E-state index is 0.116. The van der Waals surface area contributed by atoms with Gasteiger partial charge in [0.1, 0.15) is 0 Å². The Morgan fingerprint density at radius 2 is 2.21 bits per heavy atom. The molecule has 0 heterocycles. The molecule has 0 spiro atoms. The molecule has 1 aliphatic rings. The molecule has 1 aliphatic carbocycles. The van der Waals surface area contributed by atoms with E-state index in [4.69, 9.17) is 5.11 Å². The summed E-state index contributed by atoms with van der Waals surface area (Å²) in [5.74, 6) is -0.314. The minimum atomic E-state index is -0.602. The third-order valence-electron chi connectivity index (χ3n) is 3.57. The van der Waals surface area contributed by atoms with Gasteiger partial charge in [-0.3, -0.25) is 4.79 Å². The van der Waals surface area contributed by atoms with E-state index in [2.05, 4.69) is 13.8 Å². The first-order chi connectivity index (χ1) is 6.46. The van der Waals surface area contributed by atoms with Crippen LogP contribution in [0.15, 0.2) is 0 Å². The smallest absolute Gasteiger partial charge is 0.306 e. The predicted molar refractivity (Wildman–Crippen MR) is 57.2 cm³/mol. The number of rotatable bonds is 3. The molecular weight excluding hydrogens is 176 g/mol. The minimum Gasteiger partial charge on any atom is -0.481 e. The van der Waals surface area contributed by atoms with Crippen LogP contribution in [0.2, 0.25) is 0 Å². The molecule has 1 saturated carbocycles. The molecule has 0 aromatic carbocycles. The third-order valence-corrected chi connectivity index (χ3v) is 3.57. The number of hydrogen-bond acceptors (Lipinski definition) is 1. The number of aliphatic carboxylic acids is 1. The van der Waals surface area contributed by atoms with E-state index in [-0.39, 0.29) is 5.92 Å². The van der Waals surface area contributed by atoms with E-state index in [1.165, 1.54) is 12.8 Å². The van der Waals surface area contributed by atoms with Gasteiger partial charge in [0, 0.05) is 0 Å². The average molecular weight is 198 g/mol. The SMILES string of the molecule is CCC(C(=O)O)C1CCCC(C)(C)C1. The lowest BCUT2D eigenvalue weighted by Gasteiger charge is -2.37. The first-order valence-electron chi connectivity index (χ1n) is 5.69. The van der Waals surface area contributed by atoms with Gasteiger partial charge >= 0.3 is 5.97 Å². The van der Waals surface area contributed by atoms with Crippen molar-refractivity contribution in [3.63, 3.8) is 0 Å². The molecule has 0 radical (unpaired) electrons. The maximum Gasteiger partial charge on any atom is 0.306 e. The summed E-state index contributed by atoms with van der Waals surface area (Å²) in [5, 5.41) is 9.10. The highest BCUT2D eigenvalue weighted by Crippen LogP contribution is 2.42. The molecule has 0 aromatic rings. The summed E-state index contributed by atoms with van der Waals surface area (Å²) in [6, 6.07) is 0. The molecule has 2 unspecified atom stereocenters. The zero-order valence-corrected chi connectivity index (χ0v) is 9.55. The molecule has 2 atom stereocenters. The lowest BCUT2D eigenvalue weighted by Crippen LogP contribution is -2.31. The van der Waals surface area contributed by atoms with Crippen LogP contribution in [0, 0.1) is 17.3 Å². The van der Waals surface area contributed by atoms with Gasteiger partial charge in [0.2, 0.25) is 0 Å². The fourth-order valence-electron chi connectivity index (χ4n) is 2.81. The first kappa shape index (κ1) is 11.5. The third kappa shape index (κ3) is 2.73. The van der Waals surface area contributed by atoms with Gasteiger partial charge in [0.15, 0.2) is 0 Å². The van der Waals surface area contributed by atoms with E-state index in [1.54, 1.807) is 0 Å². The predicted octanol–water partition coefficient (Wildman–Crippen LogP) is 3.31. The summed E-state index contributed by atoms with van der Waals surface area (Å²) in [5.41, 5.74) is 0.353. The average Bonchev–Trinajstić information content (AvgIpc) is 2.02.